The van der Waals surface area contributed by atoms with Crippen LogP contribution in [0.2, 0.25) is 0 Å². The second-order valence-corrected chi connectivity index (χ2v) is 3.54. The predicted molar refractivity (Wildman–Crippen MR) is 63.0 cm³/mol. The highest BCUT2D eigenvalue weighted by atomic mass is 16.4. The third-order valence-electron chi connectivity index (χ3n) is 2.32. The molecule has 17 heavy (non-hydrogen) atoms. The van der Waals surface area contributed by atoms with Crippen LogP contribution in [0.1, 0.15) is 24.4 Å². The standard InChI is InChI=1S/C11H15N3O3/c12-10(14-17)7-6-9(13-11(15)16)8-4-2-1-3-5-8/h1-5,9,13,17H,6-7H2,(H2,12,14)(H,15,16). The van der Waals surface area contributed by atoms with Crippen LogP contribution in [0.25, 0.3) is 0 Å². The van der Waals surface area contributed by atoms with Crippen molar-refractivity contribution in [3.05, 3.63) is 35.9 Å². The molecular weight excluding hydrogens is 222 g/mol. The van der Waals surface area contributed by atoms with Gasteiger partial charge in [-0.3, -0.25) is 0 Å². The SMILES string of the molecule is NC(CCC(NC(=O)O)c1ccccc1)=NO. The normalized spacial score (nSPS) is 13.1. The van der Waals surface area contributed by atoms with Gasteiger partial charge in [0.25, 0.3) is 0 Å². The Balaban J connectivity index is 2.71. The van der Waals surface area contributed by atoms with E-state index in [2.05, 4.69) is 10.5 Å². The molecule has 1 aromatic carbocycles. The summed E-state index contributed by atoms with van der Waals surface area (Å²) in [6, 6.07) is 8.80. The lowest BCUT2D eigenvalue weighted by molar-refractivity contribution is 0.189. The van der Waals surface area contributed by atoms with Gasteiger partial charge in [0.1, 0.15) is 5.84 Å². The zero-order chi connectivity index (χ0) is 12.7. The summed E-state index contributed by atoms with van der Waals surface area (Å²) < 4.78 is 0. The van der Waals surface area contributed by atoms with Crippen LogP contribution in [0.3, 0.4) is 0 Å². The number of carboxylic acid groups (broad SMARTS) is 1. The lowest BCUT2D eigenvalue weighted by atomic mass is 10.0. The van der Waals surface area contributed by atoms with Crippen molar-refractivity contribution in [1.82, 2.24) is 5.32 Å². The van der Waals surface area contributed by atoms with E-state index in [4.69, 9.17) is 16.0 Å². The van der Waals surface area contributed by atoms with E-state index in [0.29, 0.717) is 12.8 Å². The van der Waals surface area contributed by atoms with E-state index in [9.17, 15) is 4.79 Å². The molecule has 5 N–H and O–H groups in total. The van der Waals surface area contributed by atoms with Crippen molar-refractivity contribution < 1.29 is 15.1 Å². The van der Waals surface area contributed by atoms with Crippen molar-refractivity contribution in [3.63, 3.8) is 0 Å². The number of nitrogens with zero attached hydrogens (tertiary/aromatic N) is 1. The average molecular weight is 237 g/mol. The Kier molecular flexibility index (Phi) is 4.80. The molecule has 0 aliphatic heterocycles. The van der Waals surface area contributed by atoms with E-state index >= 15 is 0 Å². The van der Waals surface area contributed by atoms with Gasteiger partial charge < -0.3 is 21.4 Å². The molecule has 6 nitrogen and oxygen atoms in total. The van der Waals surface area contributed by atoms with Gasteiger partial charge in [-0.15, -0.1) is 0 Å². The molecule has 1 aromatic rings. The lowest BCUT2D eigenvalue weighted by Crippen LogP contribution is -2.28. The quantitative estimate of drug-likeness (QED) is 0.269. The van der Waals surface area contributed by atoms with Gasteiger partial charge >= 0.3 is 6.09 Å². The molecular formula is C11H15N3O3. The van der Waals surface area contributed by atoms with Gasteiger partial charge in [-0.05, 0) is 12.0 Å². The summed E-state index contributed by atoms with van der Waals surface area (Å²) in [6.07, 6.45) is -0.346. The van der Waals surface area contributed by atoms with Crippen LogP contribution in [0.4, 0.5) is 4.79 Å². The summed E-state index contributed by atoms with van der Waals surface area (Å²) in [5.74, 6) is 0.0816. The maximum atomic E-state index is 10.7. The molecule has 0 saturated carbocycles. The van der Waals surface area contributed by atoms with E-state index in [0.717, 1.165) is 5.56 Å². The Bertz CT molecular complexity index is 392. The van der Waals surface area contributed by atoms with Gasteiger partial charge in [0.2, 0.25) is 0 Å². The highest BCUT2D eigenvalue weighted by Gasteiger charge is 2.14. The molecule has 92 valence electrons. The topological polar surface area (TPSA) is 108 Å². The minimum Gasteiger partial charge on any atom is -0.465 e. The first kappa shape index (κ1) is 12.8. The van der Waals surface area contributed by atoms with E-state index in [1.54, 1.807) is 0 Å². The Hall–Kier alpha value is -2.24. The molecule has 0 fully saturated rings. The zero-order valence-electron chi connectivity index (χ0n) is 9.21. The van der Waals surface area contributed by atoms with E-state index in [-0.39, 0.29) is 11.9 Å². The molecule has 0 bridgehead atoms. The van der Waals surface area contributed by atoms with Crippen molar-refractivity contribution in [2.75, 3.05) is 0 Å². The largest absolute Gasteiger partial charge is 0.465 e. The lowest BCUT2D eigenvalue weighted by Gasteiger charge is -2.16. The molecule has 0 aromatic heterocycles. The fourth-order valence-corrected chi connectivity index (χ4v) is 1.50. The number of benzene rings is 1. The Morgan fingerprint density at radius 3 is 2.59 bits per heavy atom. The van der Waals surface area contributed by atoms with Gasteiger partial charge in [0.05, 0.1) is 6.04 Å². The summed E-state index contributed by atoms with van der Waals surface area (Å²) in [6.45, 7) is 0. The number of amides is 1. The number of carbonyl (C=O) groups is 1. The molecule has 6 heteroatoms. The smallest absolute Gasteiger partial charge is 0.405 e. The zero-order valence-corrected chi connectivity index (χ0v) is 9.21. The molecule has 0 radical (unpaired) electrons. The first-order chi connectivity index (χ1) is 8.13. The van der Waals surface area contributed by atoms with Gasteiger partial charge in [-0.25, -0.2) is 4.79 Å². The molecule has 0 aliphatic carbocycles. The number of nitrogens with two attached hydrogens (primary N) is 1. The van der Waals surface area contributed by atoms with Gasteiger partial charge in [0, 0.05) is 6.42 Å². The Morgan fingerprint density at radius 1 is 1.41 bits per heavy atom. The van der Waals surface area contributed by atoms with E-state index in [1.165, 1.54) is 0 Å². The fourth-order valence-electron chi connectivity index (χ4n) is 1.50. The summed E-state index contributed by atoms with van der Waals surface area (Å²) in [4.78, 5) is 10.7. The maximum Gasteiger partial charge on any atom is 0.405 e. The number of amidine groups is 1. The van der Waals surface area contributed by atoms with Crippen LogP contribution in [-0.2, 0) is 0 Å². The van der Waals surface area contributed by atoms with Crippen LogP contribution in [0.15, 0.2) is 35.5 Å². The molecule has 0 aliphatic rings. The second-order valence-electron chi connectivity index (χ2n) is 3.54. The van der Waals surface area contributed by atoms with Crippen LogP contribution >= 0.6 is 0 Å². The van der Waals surface area contributed by atoms with Crippen molar-refractivity contribution in [2.24, 2.45) is 10.9 Å². The number of hydrogen-bond donors (Lipinski definition) is 4. The van der Waals surface area contributed by atoms with Crippen molar-refractivity contribution in [1.29, 1.82) is 0 Å². The summed E-state index contributed by atoms with van der Waals surface area (Å²) >= 11 is 0. The molecule has 1 amide bonds. The van der Waals surface area contributed by atoms with Crippen molar-refractivity contribution in [3.8, 4) is 0 Å². The average Bonchev–Trinajstić information content (AvgIpc) is 2.34. The fraction of sp³-hybridized carbons (Fsp3) is 0.273. The van der Waals surface area contributed by atoms with Crippen molar-refractivity contribution >= 4 is 11.9 Å². The van der Waals surface area contributed by atoms with E-state index in [1.807, 2.05) is 30.3 Å². The highest BCUT2D eigenvalue weighted by Crippen LogP contribution is 2.18. The van der Waals surface area contributed by atoms with Gasteiger partial charge in [-0.1, -0.05) is 35.5 Å². The minimum absolute atomic E-state index is 0.0816. The number of oxime groups is 1. The number of nitrogens with one attached hydrogen (secondary N) is 1. The third-order valence-corrected chi connectivity index (χ3v) is 2.32. The maximum absolute atomic E-state index is 10.7. The van der Waals surface area contributed by atoms with Crippen LogP contribution < -0.4 is 11.1 Å². The minimum atomic E-state index is -1.10. The van der Waals surface area contributed by atoms with Crippen LogP contribution in [0.5, 0.6) is 0 Å². The van der Waals surface area contributed by atoms with Crippen LogP contribution in [-0.4, -0.2) is 22.2 Å². The summed E-state index contributed by atoms with van der Waals surface area (Å²) in [5.41, 5.74) is 6.20. The monoisotopic (exact) mass is 237 g/mol. The number of rotatable bonds is 5. The molecule has 0 heterocycles. The number of hydrogen-bond acceptors (Lipinski definition) is 3. The van der Waals surface area contributed by atoms with Gasteiger partial charge in [0.15, 0.2) is 0 Å². The summed E-state index contributed by atoms with van der Waals surface area (Å²) in [7, 11) is 0. The second kappa shape index (κ2) is 6.37. The van der Waals surface area contributed by atoms with Gasteiger partial charge in [-0.2, -0.15) is 0 Å². The molecule has 0 saturated heterocycles. The molecule has 1 rings (SSSR count). The molecule has 1 atom stereocenters. The van der Waals surface area contributed by atoms with Crippen molar-refractivity contribution in [2.45, 2.75) is 18.9 Å². The highest BCUT2D eigenvalue weighted by molar-refractivity contribution is 5.79. The third kappa shape index (κ3) is 4.42. The van der Waals surface area contributed by atoms with E-state index < -0.39 is 6.09 Å². The first-order valence-electron chi connectivity index (χ1n) is 5.14. The Morgan fingerprint density at radius 2 is 2.06 bits per heavy atom. The Labute approximate surface area is 98.7 Å². The molecule has 0 spiro atoms. The van der Waals surface area contributed by atoms with Crippen LogP contribution in [0, 0.1) is 0 Å². The summed E-state index contributed by atoms with van der Waals surface area (Å²) in [5, 5.41) is 22.4. The molecule has 1 unspecified atom stereocenters. The first-order valence-corrected chi connectivity index (χ1v) is 5.14. The predicted octanol–water partition coefficient (Wildman–Crippen LogP) is 1.52.